The van der Waals surface area contributed by atoms with E-state index in [1.54, 1.807) is 6.92 Å². The second-order valence-corrected chi connectivity index (χ2v) is 10.1. The number of alkyl halides is 3. The maximum atomic E-state index is 15.0. The summed E-state index contributed by atoms with van der Waals surface area (Å²) in [6, 6.07) is 8.08. The van der Waals surface area contributed by atoms with Crippen molar-refractivity contribution in [3.63, 3.8) is 0 Å². The first-order chi connectivity index (χ1) is 19.3. The number of rotatable bonds is 9. The van der Waals surface area contributed by atoms with Gasteiger partial charge in [0.2, 0.25) is 5.91 Å². The van der Waals surface area contributed by atoms with Gasteiger partial charge >= 0.3 is 6.18 Å². The molecule has 1 aromatic heterocycles. The highest BCUT2D eigenvalue weighted by Crippen LogP contribution is 2.33. The lowest BCUT2D eigenvalue weighted by atomic mass is 9.86. The van der Waals surface area contributed by atoms with Crippen LogP contribution in [0.3, 0.4) is 0 Å². The molecule has 1 aliphatic carbocycles. The average Bonchev–Trinajstić information content (AvgIpc) is 2.86. The second kappa shape index (κ2) is 12.1. The molecule has 0 saturated heterocycles. The number of nitrogens with zero attached hydrogens (tertiary/aromatic N) is 1. The predicted octanol–water partition coefficient (Wildman–Crippen LogP) is 4.60. The molecule has 3 N–H and O–H groups in total. The number of hydrogen-bond acceptors (Lipinski definition) is 5. The fourth-order valence-electron chi connectivity index (χ4n) is 4.58. The Bertz CT molecular complexity index is 1500. The summed E-state index contributed by atoms with van der Waals surface area (Å²) >= 11 is 0. The number of nitrogens with one attached hydrogen (secondary N) is 3. The van der Waals surface area contributed by atoms with Gasteiger partial charge in [0.05, 0.1) is 18.6 Å². The Hall–Kier alpha value is -4.19. The maximum absolute atomic E-state index is 15.0. The van der Waals surface area contributed by atoms with Crippen LogP contribution in [0.4, 0.5) is 23.2 Å². The van der Waals surface area contributed by atoms with Gasteiger partial charge in [-0.2, -0.15) is 13.2 Å². The van der Waals surface area contributed by atoms with Crippen LogP contribution >= 0.6 is 0 Å². The smallest absolute Gasteiger partial charge is 0.416 e. The summed E-state index contributed by atoms with van der Waals surface area (Å²) in [7, 11) is 3.82. The lowest BCUT2D eigenvalue weighted by molar-refractivity contribution is -0.137. The fourth-order valence-corrected chi connectivity index (χ4v) is 4.58. The first kappa shape index (κ1) is 29.8. The maximum Gasteiger partial charge on any atom is 0.416 e. The second-order valence-electron chi connectivity index (χ2n) is 10.1. The van der Waals surface area contributed by atoms with E-state index in [9.17, 15) is 31.9 Å². The first-order valence-corrected chi connectivity index (χ1v) is 13.0. The van der Waals surface area contributed by atoms with E-state index >= 15 is 0 Å². The van der Waals surface area contributed by atoms with Gasteiger partial charge in [0.1, 0.15) is 11.6 Å². The molecule has 2 aromatic carbocycles. The standard InChI is InChI=1S/C29H30F4N4O4/c1-4-41-25-14-26(38)34-15-23(25)16-5-6-17(24(30)9-16)10-27(39)35-20-8-18(7-19(11-20)29(31,32)33)28(40)36-21-12-22(13-21)37(2)3/h5-9,11,14-15,21-22H,4,10,12-13H2,1-3H3,(H,34,38)(H,35,39)(H,36,40)/t21-,22-. The number of halogens is 4. The summed E-state index contributed by atoms with van der Waals surface area (Å²) in [6.07, 6.45) is -2.48. The quantitative estimate of drug-likeness (QED) is 0.324. The normalized spacial score (nSPS) is 16.7. The molecule has 0 spiro atoms. The Morgan fingerprint density at radius 2 is 1.83 bits per heavy atom. The number of hydrogen-bond donors (Lipinski definition) is 3. The van der Waals surface area contributed by atoms with Crippen LogP contribution < -0.4 is 20.9 Å². The molecule has 41 heavy (non-hydrogen) atoms. The Morgan fingerprint density at radius 3 is 2.46 bits per heavy atom. The van der Waals surface area contributed by atoms with Crippen molar-refractivity contribution < 1.29 is 31.9 Å². The van der Waals surface area contributed by atoms with Crippen molar-refractivity contribution in [1.82, 2.24) is 15.2 Å². The Kier molecular flexibility index (Phi) is 8.81. The van der Waals surface area contributed by atoms with Crippen LogP contribution in [0.1, 0.15) is 41.3 Å². The number of carbonyl (C=O) groups excluding carboxylic acids is 2. The zero-order valence-corrected chi connectivity index (χ0v) is 22.7. The summed E-state index contributed by atoms with van der Waals surface area (Å²) < 4.78 is 61.2. The Labute approximate surface area is 233 Å². The number of anilines is 1. The van der Waals surface area contributed by atoms with Crippen molar-refractivity contribution in [1.29, 1.82) is 0 Å². The van der Waals surface area contributed by atoms with Gasteiger partial charge in [-0.1, -0.05) is 12.1 Å². The van der Waals surface area contributed by atoms with Gasteiger partial charge in [-0.15, -0.1) is 0 Å². The number of pyridine rings is 1. The molecule has 0 unspecified atom stereocenters. The molecule has 218 valence electrons. The third kappa shape index (κ3) is 7.31. The number of H-pyrrole nitrogens is 1. The van der Waals surface area contributed by atoms with E-state index in [0.717, 1.165) is 18.2 Å². The van der Waals surface area contributed by atoms with E-state index in [4.69, 9.17) is 4.74 Å². The van der Waals surface area contributed by atoms with Gasteiger partial charge in [-0.3, -0.25) is 14.4 Å². The van der Waals surface area contributed by atoms with Crippen molar-refractivity contribution in [3.05, 3.63) is 81.5 Å². The van der Waals surface area contributed by atoms with Crippen LogP contribution in [0.5, 0.6) is 5.75 Å². The van der Waals surface area contributed by atoms with E-state index in [2.05, 4.69) is 15.6 Å². The molecule has 0 aliphatic heterocycles. The summed E-state index contributed by atoms with van der Waals surface area (Å²) in [5.74, 6) is -1.91. The first-order valence-electron chi connectivity index (χ1n) is 13.0. The van der Waals surface area contributed by atoms with Crippen LogP contribution in [-0.4, -0.2) is 54.5 Å². The molecule has 1 fully saturated rings. The van der Waals surface area contributed by atoms with Gasteiger partial charge in [0, 0.05) is 41.2 Å². The minimum atomic E-state index is -4.76. The van der Waals surface area contributed by atoms with E-state index in [0.29, 0.717) is 24.0 Å². The molecule has 0 bridgehead atoms. The highest BCUT2D eigenvalue weighted by atomic mass is 19.4. The van der Waals surface area contributed by atoms with Crippen LogP contribution in [0.15, 0.2) is 53.5 Å². The fraction of sp³-hybridized carbons (Fsp3) is 0.345. The van der Waals surface area contributed by atoms with Crippen molar-refractivity contribution in [2.45, 2.75) is 44.4 Å². The van der Waals surface area contributed by atoms with Crippen LogP contribution in [-0.2, 0) is 17.4 Å². The zero-order chi connectivity index (χ0) is 29.9. The molecule has 0 atom stereocenters. The lowest BCUT2D eigenvalue weighted by Gasteiger charge is -2.39. The van der Waals surface area contributed by atoms with Gasteiger partial charge in [-0.25, -0.2) is 4.39 Å². The van der Waals surface area contributed by atoms with E-state index < -0.39 is 35.8 Å². The number of benzene rings is 2. The minimum absolute atomic E-state index is 0.000920. The molecule has 3 aromatic rings. The molecule has 12 heteroatoms. The topological polar surface area (TPSA) is 104 Å². The number of ether oxygens (including phenoxy) is 1. The third-order valence-corrected chi connectivity index (χ3v) is 6.89. The SMILES string of the molecule is CCOc1cc(=O)[nH]cc1-c1ccc(CC(=O)Nc2cc(C(=O)N[C@H]3C[C@H](N(C)C)C3)cc(C(F)(F)F)c2)c(F)c1. The van der Waals surface area contributed by atoms with Gasteiger partial charge in [0.15, 0.2) is 0 Å². The minimum Gasteiger partial charge on any atom is -0.493 e. The predicted molar refractivity (Wildman–Crippen MR) is 145 cm³/mol. The van der Waals surface area contributed by atoms with Crippen molar-refractivity contribution >= 4 is 17.5 Å². The summed E-state index contributed by atoms with van der Waals surface area (Å²) in [4.78, 5) is 41.6. The van der Waals surface area contributed by atoms with E-state index in [1.807, 2.05) is 19.0 Å². The Morgan fingerprint density at radius 1 is 1.10 bits per heavy atom. The monoisotopic (exact) mass is 574 g/mol. The Balaban J connectivity index is 1.49. The molecular formula is C29H30F4N4O4. The molecule has 1 heterocycles. The van der Waals surface area contributed by atoms with Crippen LogP contribution in [0.25, 0.3) is 11.1 Å². The molecule has 4 rings (SSSR count). The number of aromatic nitrogens is 1. The van der Waals surface area contributed by atoms with E-state index in [-0.39, 0.29) is 46.8 Å². The zero-order valence-electron chi connectivity index (χ0n) is 22.7. The van der Waals surface area contributed by atoms with E-state index in [1.165, 1.54) is 30.5 Å². The van der Waals surface area contributed by atoms with Crippen LogP contribution in [0, 0.1) is 5.82 Å². The third-order valence-electron chi connectivity index (χ3n) is 6.89. The van der Waals surface area contributed by atoms with Gasteiger partial charge in [-0.05, 0) is 69.3 Å². The molecule has 2 amide bonds. The molecule has 0 radical (unpaired) electrons. The highest BCUT2D eigenvalue weighted by molar-refractivity contribution is 5.98. The van der Waals surface area contributed by atoms with Crippen molar-refractivity contribution in [2.24, 2.45) is 0 Å². The largest absolute Gasteiger partial charge is 0.493 e. The van der Waals surface area contributed by atoms with Gasteiger partial charge < -0.3 is 25.3 Å². The average molecular weight is 575 g/mol. The summed E-state index contributed by atoms with van der Waals surface area (Å²) in [6.45, 7) is 2.02. The number of amides is 2. The molecule has 1 saturated carbocycles. The summed E-state index contributed by atoms with van der Waals surface area (Å²) in [5.41, 5.74) is -1.13. The molecular weight excluding hydrogens is 544 g/mol. The molecule has 8 nitrogen and oxygen atoms in total. The van der Waals surface area contributed by atoms with Crippen LogP contribution in [0.2, 0.25) is 0 Å². The lowest BCUT2D eigenvalue weighted by Crippen LogP contribution is -2.51. The van der Waals surface area contributed by atoms with Crippen molar-refractivity contribution in [2.75, 3.05) is 26.0 Å². The summed E-state index contributed by atoms with van der Waals surface area (Å²) in [5, 5.41) is 5.09. The van der Waals surface area contributed by atoms with Gasteiger partial charge in [0.25, 0.3) is 11.5 Å². The highest BCUT2D eigenvalue weighted by Gasteiger charge is 2.34. The molecule has 1 aliphatic rings. The number of aromatic amines is 1. The van der Waals surface area contributed by atoms with Crippen molar-refractivity contribution in [3.8, 4) is 16.9 Å². The number of carbonyl (C=O) groups is 2.